The molecule has 4 rings (SSSR count). The van der Waals surface area contributed by atoms with E-state index >= 15 is 0 Å². The lowest BCUT2D eigenvalue weighted by Gasteiger charge is -2.29. The molecule has 160 valence electrons. The Bertz CT molecular complexity index is 1090. The van der Waals surface area contributed by atoms with Crippen molar-refractivity contribution in [2.75, 3.05) is 23.0 Å². The number of hydrogen-bond donors (Lipinski definition) is 0. The van der Waals surface area contributed by atoms with Crippen molar-refractivity contribution in [3.05, 3.63) is 24.3 Å². The number of amides is 2. The van der Waals surface area contributed by atoms with Crippen molar-refractivity contribution >= 4 is 54.0 Å². The largest absolute Gasteiger partial charge is 0.283 e. The summed E-state index contributed by atoms with van der Waals surface area (Å²) in [4.78, 5) is 32.0. The van der Waals surface area contributed by atoms with Crippen LogP contribution in [0.5, 0.6) is 0 Å². The van der Waals surface area contributed by atoms with Crippen LogP contribution in [0.15, 0.2) is 29.4 Å². The number of hydrogen-bond acceptors (Lipinski definition) is 7. The zero-order valence-corrected chi connectivity index (χ0v) is 18.6. The number of carbonyl (C=O) groups excluding carboxylic acids is 2. The van der Waals surface area contributed by atoms with Crippen molar-refractivity contribution in [1.29, 1.82) is 0 Å². The fourth-order valence-electron chi connectivity index (χ4n) is 3.72. The summed E-state index contributed by atoms with van der Waals surface area (Å²) in [6.45, 7) is 4.52. The van der Waals surface area contributed by atoms with Crippen LogP contribution in [0.3, 0.4) is 0 Å². The number of aromatic nitrogens is 1. The second-order valence-corrected chi connectivity index (χ2v) is 11.4. The number of thiazole rings is 1. The number of nitrogens with zero attached hydrogens (tertiary/aromatic N) is 4. The SMILES string of the molecule is CC(C)CN(C(=O)C1=NN(C2CCS(=O)(=O)C2)C(=O)CC1)c1nc2ccccc2s1. The topological polar surface area (TPSA) is 100 Å². The molecule has 2 aliphatic heterocycles. The molecule has 8 nitrogen and oxygen atoms in total. The Morgan fingerprint density at radius 1 is 1.30 bits per heavy atom. The molecule has 1 saturated heterocycles. The lowest BCUT2D eigenvalue weighted by molar-refractivity contribution is -0.133. The highest BCUT2D eigenvalue weighted by Gasteiger charge is 2.38. The van der Waals surface area contributed by atoms with E-state index in [1.807, 2.05) is 38.1 Å². The van der Waals surface area contributed by atoms with Crippen LogP contribution in [-0.4, -0.2) is 60.0 Å². The monoisotopic (exact) mass is 448 g/mol. The Balaban J connectivity index is 1.65. The number of hydrazone groups is 1. The van der Waals surface area contributed by atoms with Gasteiger partial charge in [-0.15, -0.1) is 0 Å². The Kier molecular flexibility index (Phi) is 5.63. The number of anilines is 1. The quantitative estimate of drug-likeness (QED) is 0.699. The predicted octanol–water partition coefficient (Wildman–Crippen LogP) is 2.45. The van der Waals surface area contributed by atoms with E-state index in [0.717, 1.165) is 10.2 Å². The van der Waals surface area contributed by atoms with Crippen LogP contribution in [0.25, 0.3) is 10.2 Å². The minimum atomic E-state index is -3.16. The fraction of sp³-hybridized carbons (Fsp3) is 0.500. The molecular formula is C20H24N4O4S2. The molecule has 2 aromatic rings. The number of benzene rings is 1. The Morgan fingerprint density at radius 2 is 2.07 bits per heavy atom. The molecule has 1 aromatic carbocycles. The number of sulfone groups is 1. The zero-order chi connectivity index (χ0) is 21.5. The summed E-state index contributed by atoms with van der Waals surface area (Å²) in [5, 5.41) is 6.17. The first kappa shape index (κ1) is 20.9. The van der Waals surface area contributed by atoms with Gasteiger partial charge in [-0.05, 0) is 24.5 Å². The zero-order valence-electron chi connectivity index (χ0n) is 16.9. The van der Waals surface area contributed by atoms with E-state index in [-0.39, 0.29) is 47.8 Å². The smallest absolute Gasteiger partial charge is 0.276 e. The molecule has 2 aliphatic rings. The summed E-state index contributed by atoms with van der Waals surface area (Å²) < 4.78 is 24.7. The van der Waals surface area contributed by atoms with E-state index < -0.39 is 15.9 Å². The molecule has 1 atom stereocenters. The maximum Gasteiger partial charge on any atom is 0.276 e. The first-order valence-electron chi connectivity index (χ1n) is 10.0. The maximum absolute atomic E-state index is 13.4. The molecule has 1 unspecified atom stereocenters. The summed E-state index contributed by atoms with van der Waals surface area (Å²) >= 11 is 1.45. The third-order valence-corrected chi connectivity index (χ3v) is 7.98. The number of rotatable bonds is 5. The van der Waals surface area contributed by atoms with Gasteiger partial charge in [-0.25, -0.2) is 18.4 Å². The molecule has 3 heterocycles. The number of carbonyl (C=O) groups is 2. The normalized spacial score (nSPS) is 21.3. The Morgan fingerprint density at radius 3 is 2.73 bits per heavy atom. The van der Waals surface area contributed by atoms with Crippen molar-refractivity contribution in [3.8, 4) is 0 Å². The Hall–Kier alpha value is -2.33. The molecule has 0 bridgehead atoms. The molecule has 2 amide bonds. The average molecular weight is 449 g/mol. The molecular weight excluding hydrogens is 424 g/mol. The molecule has 30 heavy (non-hydrogen) atoms. The number of fused-ring (bicyclic) bond motifs is 1. The van der Waals surface area contributed by atoms with Gasteiger partial charge in [0.2, 0.25) is 5.91 Å². The molecule has 0 saturated carbocycles. The van der Waals surface area contributed by atoms with Gasteiger partial charge in [-0.1, -0.05) is 37.3 Å². The average Bonchev–Trinajstić information content (AvgIpc) is 3.28. The first-order chi connectivity index (χ1) is 14.2. The fourth-order valence-corrected chi connectivity index (χ4v) is 6.39. The highest BCUT2D eigenvalue weighted by atomic mass is 32.2. The standard InChI is InChI=1S/C20H24N4O4S2/c1-13(2)11-23(20-21-15-5-3-4-6-17(15)29-20)19(26)16-7-8-18(25)24(22-16)14-9-10-30(27,28)12-14/h3-6,13-14H,7-12H2,1-2H3. The Labute approximate surface area is 179 Å². The van der Waals surface area contributed by atoms with Crippen molar-refractivity contribution in [1.82, 2.24) is 9.99 Å². The van der Waals surface area contributed by atoms with E-state index in [9.17, 15) is 18.0 Å². The van der Waals surface area contributed by atoms with Crippen LogP contribution < -0.4 is 4.90 Å². The molecule has 0 N–H and O–H groups in total. The maximum atomic E-state index is 13.4. The minimum Gasteiger partial charge on any atom is -0.283 e. The van der Waals surface area contributed by atoms with Gasteiger partial charge in [-0.2, -0.15) is 5.10 Å². The third kappa shape index (κ3) is 4.24. The van der Waals surface area contributed by atoms with Gasteiger partial charge in [0.15, 0.2) is 15.0 Å². The van der Waals surface area contributed by atoms with E-state index in [4.69, 9.17) is 0 Å². The molecule has 0 radical (unpaired) electrons. The molecule has 10 heteroatoms. The highest BCUT2D eigenvalue weighted by Crippen LogP contribution is 2.30. The van der Waals surface area contributed by atoms with Crippen molar-refractivity contribution in [2.45, 2.75) is 39.2 Å². The van der Waals surface area contributed by atoms with Crippen LogP contribution in [0, 0.1) is 5.92 Å². The van der Waals surface area contributed by atoms with E-state index in [2.05, 4.69) is 10.1 Å². The van der Waals surface area contributed by atoms with Crippen LogP contribution in [-0.2, 0) is 19.4 Å². The van der Waals surface area contributed by atoms with Crippen LogP contribution >= 0.6 is 11.3 Å². The van der Waals surface area contributed by atoms with Crippen molar-refractivity contribution in [3.63, 3.8) is 0 Å². The second-order valence-electron chi connectivity index (χ2n) is 8.12. The van der Waals surface area contributed by atoms with E-state index in [1.165, 1.54) is 16.3 Å². The third-order valence-electron chi connectivity index (χ3n) is 5.17. The molecule has 1 aromatic heterocycles. The molecule has 0 aliphatic carbocycles. The molecule has 1 fully saturated rings. The van der Waals surface area contributed by atoms with Gasteiger partial charge in [-0.3, -0.25) is 14.5 Å². The van der Waals surface area contributed by atoms with E-state index in [0.29, 0.717) is 18.1 Å². The van der Waals surface area contributed by atoms with Gasteiger partial charge in [0.05, 0.1) is 27.8 Å². The summed E-state index contributed by atoms with van der Waals surface area (Å²) in [6, 6.07) is 7.22. The second kappa shape index (κ2) is 8.07. The van der Waals surface area contributed by atoms with Gasteiger partial charge in [0, 0.05) is 19.4 Å². The first-order valence-corrected chi connectivity index (χ1v) is 12.6. The van der Waals surface area contributed by atoms with Gasteiger partial charge in [0.1, 0.15) is 5.71 Å². The lowest BCUT2D eigenvalue weighted by Crippen LogP contribution is -2.46. The van der Waals surface area contributed by atoms with Gasteiger partial charge < -0.3 is 0 Å². The van der Waals surface area contributed by atoms with Crippen molar-refractivity contribution < 1.29 is 18.0 Å². The summed E-state index contributed by atoms with van der Waals surface area (Å²) in [5.74, 6) is -0.351. The lowest BCUT2D eigenvalue weighted by atomic mass is 10.1. The summed E-state index contributed by atoms with van der Waals surface area (Å²) in [7, 11) is -3.16. The predicted molar refractivity (Wildman–Crippen MR) is 117 cm³/mol. The molecule has 0 spiro atoms. The highest BCUT2D eigenvalue weighted by molar-refractivity contribution is 7.91. The summed E-state index contributed by atoms with van der Waals surface area (Å²) in [6.07, 6.45) is 0.746. The summed E-state index contributed by atoms with van der Waals surface area (Å²) in [5.41, 5.74) is 1.11. The van der Waals surface area contributed by atoms with Crippen LogP contribution in [0.4, 0.5) is 5.13 Å². The van der Waals surface area contributed by atoms with Crippen LogP contribution in [0.1, 0.15) is 33.1 Å². The van der Waals surface area contributed by atoms with Gasteiger partial charge >= 0.3 is 0 Å². The number of para-hydroxylation sites is 1. The van der Waals surface area contributed by atoms with Gasteiger partial charge in [0.25, 0.3) is 5.91 Å². The van der Waals surface area contributed by atoms with Crippen molar-refractivity contribution in [2.24, 2.45) is 11.0 Å². The van der Waals surface area contributed by atoms with Crippen LogP contribution in [0.2, 0.25) is 0 Å². The van der Waals surface area contributed by atoms with E-state index in [1.54, 1.807) is 4.90 Å². The minimum absolute atomic E-state index is 0.0470.